The first kappa shape index (κ1) is 17.5. The molecule has 0 unspecified atom stereocenters. The summed E-state index contributed by atoms with van der Waals surface area (Å²) in [5.74, 6) is 0.0952. The van der Waals surface area contributed by atoms with Crippen LogP contribution in [0.15, 0.2) is 52.9 Å². The van der Waals surface area contributed by atoms with E-state index in [-0.39, 0.29) is 17.1 Å². The van der Waals surface area contributed by atoms with Crippen molar-refractivity contribution in [1.82, 2.24) is 14.5 Å². The highest BCUT2D eigenvalue weighted by Gasteiger charge is 2.20. The second-order valence-corrected chi connectivity index (χ2v) is 6.75. The molecule has 2 aliphatic rings. The van der Waals surface area contributed by atoms with Gasteiger partial charge in [0.05, 0.1) is 5.52 Å². The number of hydrogen-bond acceptors (Lipinski definition) is 6. The summed E-state index contributed by atoms with van der Waals surface area (Å²) in [7, 11) is 0. The van der Waals surface area contributed by atoms with Crippen molar-refractivity contribution in [2.45, 2.75) is 19.8 Å². The third-order valence-corrected chi connectivity index (χ3v) is 4.92. The number of ketones is 1. The monoisotopic (exact) mass is 366 g/mol. The van der Waals surface area contributed by atoms with E-state index >= 15 is 0 Å². The van der Waals surface area contributed by atoms with Crippen LogP contribution < -0.4 is 4.74 Å². The minimum Gasteiger partial charge on any atom is -0.505 e. The van der Waals surface area contributed by atoms with Crippen molar-refractivity contribution in [3.8, 4) is 5.88 Å². The Hall–Kier alpha value is -2.93. The molecule has 7 heteroatoms. The molecule has 0 spiro atoms. The first-order valence-corrected chi connectivity index (χ1v) is 9.17. The summed E-state index contributed by atoms with van der Waals surface area (Å²) in [4.78, 5) is 18.6. The minimum absolute atomic E-state index is 0.110. The van der Waals surface area contributed by atoms with Crippen molar-refractivity contribution >= 4 is 22.7 Å². The molecular formula is C20H22N4O3. The van der Waals surface area contributed by atoms with E-state index in [1.165, 1.54) is 25.0 Å². The van der Waals surface area contributed by atoms with Crippen LogP contribution in [0.5, 0.6) is 5.88 Å². The maximum atomic E-state index is 11.7. The van der Waals surface area contributed by atoms with Gasteiger partial charge >= 0.3 is 0 Å². The van der Waals surface area contributed by atoms with Gasteiger partial charge in [-0.2, -0.15) is 0 Å². The summed E-state index contributed by atoms with van der Waals surface area (Å²) in [6.45, 7) is 5.18. The number of aromatic nitrogens is 2. The minimum atomic E-state index is -0.214. The summed E-state index contributed by atoms with van der Waals surface area (Å²) < 4.78 is 7.64. The van der Waals surface area contributed by atoms with E-state index in [1.54, 1.807) is 11.4 Å². The normalized spacial score (nSPS) is 19.6. The zero-order chi connectivity index (χ0) is 18.8. The molecule has 1 saturated heterocycles. The Kier molecular flexibility index (Phi) is 4.77. The topological polar surface area (TPSA) is 79.4 Å². The SMILES string of the molecule is CC1=C(O)C(=Nc2c(OCCN3CCCC3)nn3ccccc23)C=CC1=O. The number of aliphatic imine (C=N–C) groups is 1. The number of fused-ring (bicyclic) bond motifs is 1. The van der Waals surface area contributed by atoms with Crippen LogP contribution in [0.25, 0.3) is 5.52 Å². The van der Waals surface area contributed by atoms with E-state index in [2.05, 4.69) is 15.0 Å². The number of nitrogens with zero attached hydrogens (tertiary/aromatic N) is 4. The van der Waals surface area contributed by atoms with Gasteiger partial charge in [-0.3, -0.25) is 9.69 Å². The highest BCUT2D eigenvalue weighted by Crippen LogP contribution is 2.33. The molecule has 27 heavy (non-hydrogen) atoms. The van der Waals surface area contributed by atoms with Crippen LogP contribution >= 0.6 is 0 Å². The molecule has 0 radical (unpaired) electrons. The number of likely N-dealkylation sites (tertiary alicyclic amines) is 1. The number of hydrogen-bond donors (Lipinski definition) is 1. The molecular weight excluding hydrogens is 344 g/mol. The van der Waals surface area contributed by atoms with Gasteiger partial charge in [0.1, 0.15) is 18.1 Å². The van der Waals surface area contributed by atoms with Crippen molar-refractivity contribution in [1.29, 1.82) is 0 Å². The van der Waals surface area contributed by atoms with E-state index in [0.717, 1.165) is 25.2 Å². The van der Waals surface area contributed by atoms with Gasteiger partial charge in [-0.05, 0) is 57.1 Å². The molecule has 2 aromatic rings. The number of carbonyl (C=O) groups excluding carboxylic acids is 1. The smallest absolute Gasteiger partial charge is 0.260 e. The number of rotatable bonds is 5. The molecule has 1 aliphatic heterocycles. The summed E-state index contributed by atoms with van der Waals surface area (Å²) in [6.07, 6.45) is 7.23. The molecule has 0 saturated carbocycles. The lowest BCUT2D eigenvalue weighted by Crippen LogP contribution is -2.25. The van der Waals surface area contributed by atoms with Crippen LogP contribution in [0.2, 0.25) is 0 Å². The predicted molar refractivity (Wildman–Crippen MR) is 103 cm³/mol. The molecule has 0 bridgehead atoms. The molecule has 140 valence electrons. The number of allylic oxidation sites excluding steroid dienone is 3. The highest BCUT2D eigenvalue weighted by atomic mass is 16.5. The fourth-order valence-corrected chi connectivity index (χ4v) is 3.32. The number of ether oxygens (including phenoxy) is 1. The summed E-state index contributed by atoms with van der Waals surface area (Å²) in [5, 5.41) is 14.8. The number of pyridine rings is 1. The lowest BCUT2D eigenvalue weighted by atomic mass is 10.0. The fourth-order valence-electron chi connectivity index (χ4n) is 3.32. The number of carbonyl (C=O) groups is 1. The maximum absolute atomic E-state index is 11.7. The Bertz CT molecular complexity index is 965. The molecule has 3 heterocycles. The van der Waals surface area contributed by atoms with Gasteiger partial charge in [0.25, 0.3) is 5.88 Å². The van der Waals surface area contributed by atoms with Gasteiger partial charge in [0, 0.05) is 18.3 Å². The molecule has 1 N–H and O–H groups in total. The predicted octanol–water partition coefficient (Wildman–Crippen LogP) is 2.85. The molecule has 1 fully saturated rings. The Balaban J connectivity index is 1.65. The Morgan fingerprint density at radius 3 is 2.89 bits per heavy atom. The molecule has 1 aliphatic carbocycles. The maximum Gasteiger partial charge on any atom is 0.260 e. The Morgan fingerprint density at radius 2 is 2.07 bits per heavy atom. The summed E-state index contributed by atoms with van der Waals surface area (Å²) in [6, 6.07) is 5.67. The third kappa shape index (κ3) is 3.50. The number of aliphatic hydroxyl groups is 1. The van der Waals surface area contributed by atoms with Gasteiger partial charge in [-0.1, -0.05) is 6.07 Å². The van der Waals surface area contributed by atoms with Gasteiger partial charge in [0.15, 0.2) is 11.5 Å². The second-order valence-electron chi connectivity index (χ2n) is 6.75. The van der Waals surface area contributed by atoms with Gasteiger partial charge < -0.3 is 9.84 Å². The summed E-state index contributed by atoms with van der Waals surface area (Å²) in [5.41, 5.74) is 1.93. The lowest BCUT2D eigenvalue weighted by Gasteiger charge is -2.14. The summed E-state index contributed by atoms with van der Waals surface area (Å²) >= 11 is 0. The first-order valence-electron chi connectivity index (χ1n) is 9.17. The highest BCUT2D eigenvalue weighted by molar-refractivity contribution is 6.21. The van der Waals surface area contributed by atoms with E-state index in [9.17, 15) is 9.90 Å². The van der Waals surface area contributed by atoms with Crippen molar-refractivity contribution < 1.29 is 14.6 Å². The molecule has 0 amide bonds. The van der Waals surface area contributed by atoms with E-state index in [0.29, 0.717) is 23.9 Å². The van der Waals surface area contributed by atoms with Crippen LogP contribution in [0, 0.1) is 0 Å². The first-order chi connectivity index (χ1) is 13.1. The van der Waals surface area contributed by atoms with Crippen LogP contribution in [0.3, 0.4) is 0 Å². The van der Waals surface area contributed by atoms with Crippen LogP contribution in [0.1, 0.15) is 19.8 Å². The van der Waals surface area contributed by atoms with Gasteiger partial charge in [-0.15, -0.1) is 5.10 Å². The zero-order valence-electron chi connectivity index (χ0n) is 15.3. The van der Waals surface area contributed by atoms with E-state index < -0.39 is 0 Å². The zero-order valence-corrected chi connectivity index (χ0v) is 15.3. The van der Waals surface area contributed by atoms with Crippen LogP contribution in [-0.2, 0) is 4.79 Å². The van der Waals surface area contributed by atoms with Crippen LogP contribution in [0.4, 0.5) is 5.69 Å². The van der Waals surface area contributed by atoms with Gasteiger partial charge in [-0.25, -0.2) is 9.51 Å². The van der Waals surface area contributed by atoms with Crippen molar-refractivity contribution in [2.75, 3.05) is 26.2 Å². The third-order valence-electron chi connectivity index (χ3n) is 4.92. The molecule has 2 aromatic heterocycles. The average molecular weight is 366 g/mol. The number of aliphatic hydroxyl groups excluding tert-OH is 1. The molecule has 7 nitrogen and oxygen atoms in total. The van der Waals surface area contributed by atoms with E-state index in [1.807, 2.05) is 24.4 Å². The standard InChI is InChI=1S/C20H22N4O3/c1-14-17(25)8-7-15(19(14)26)21-18-16-6-2-3-11-24(16)22-20(18)27-13-12-23-9-4-5-10-23/h2-3,6-8,11,26H,4-5,9-10,12-13H2,1H3. The van der Waals surface area contributed by atoms with E-state index in [4.69, 9.17) is 4.74 Å². The van der Waals surface area contributed by atoms with Crippen molar-refractivity contribution in [3.05, 3.63) is 47.9 Å². The fraction of sp³-hybridized carbons (Fsp3) is 0.350. The van der Waals surface area contributed by atoms with Crippen molar-refractivity contribution in [2.24, 2.45) is 4.99 Å². The molecule has 0 aromatic carbocycles. The Morgan fingerprint density at radius 1 is 1.26 bits per heavy atom. The van der Waals surface area contributed by atoms with Gasteiger partial charge in [0.2, 0.25) is 0 Å². The Labute approximate surface area is 157 Å². The molecule has 0 atom stereocenters. The average Bonchev–Trinajstić information content (AvgIpc) is 3.31. The van der Waals surface area contributed by atoms with Crippen molar-refractivity contribution in [3.63, 3.8) is 0 Å². The lowest BCUT2D eigenvalue weighted by molar-refractivity contribution is -0.111. The molecule has 4 rings (SSSR count). The quantitative estimate of drug-likeness (QED) is 0.823. The largest absolute Gasteiger partial charge is 0.505 e. The van der Waals surface area contributed by atoms with Crippen LogP contribution in [-0.4, -0.2) is 57.4 Å². The second kappa shape index (κ2) is 7.36.